The zero-order valence-electron chi connectivity index (χ0n) is 13.1. The van der Waals surface area contributed by atoms with Crippen LogP contribution in [0.1, 0.15) is 0 Å². The molecule has 1 aliphatic rings. The van der Waals surface area contributed by atoms with Gasteiger partial charge in [0.25, 0.3) is 5.69 Å². The number of carbonyl (C=O) groups excluding carboxylic acids is 1. The summed E-state index contributed by atoms with van der Waals surface area (Å²) in [5.74, 6) is 0.304. The summed E-state index contributed by atoms with van der Waals surface area (Å²) in [5.41, 5.74) is 0.533. The normalized spacial score (nSPS) is 19.6. The fourth-order valence-corrected chi connectivity index (χ4v) is 2.66. The molecule has 1 amide bonds. The van der Waals surface area contributed by atoms with Crippen molar-refractivity contribution in [2.24, 2.45) is 0 Å². The molecule has 0 bridgehead atoms. The van der Waals surface area contributed by atoms with Gasteiger partial charge in [0.2, 0.25) is 0 Å². The van der Waals surface area contributed by atoms with Crippen LogP contribution in [0.4, 0.5) is 16.2 Å². The number of aliphatic hydroxyl groups excluding tert-OH is 1. The van der Waals surface area contributed by atoms with Crippen LogP contribution in [0.5, 0.6) is 5.75 Å². The third-order valence-electron chi connectivity index (χ3n) is 3.87. The average Bonchev–Trinajstić information content (AvgIpc) is 2.96. The number of hydrogen-bond acceptors (Lipinski definition) is 6. The standard InChI is InChI=1S/C17H16N2O6/c20-10-16-15(11-24-14-8-4-7-13(9-14)19(22)23)18(17(21)25-16)12-5-2-1-3-6-12/h1-9,15-16,20H,10-11H2. The van der Waals surface area contributed by atoms with Crippen LogP contribution in [0.3, 0.4) is 0 Å². The lowest BCUT2D eigenvalue weighted by atomic mass is 10.1. The van der Waals surface area contributed by atoms with E-state index in [9.17, 15) is 20.0 Å². The number of aliphatic hydroxyl groups is 1. The fourth-order valence-electron chi connectivity index (χ4n) is 2.66. The maximum Gasteiger partial charge on any atom is 0.415 e. The molecule has 2 aromatic rings. The number of nitrogens with zero attached hydrogens (tertiary/aromatic N) is 2. The molecule has 1 aliphatic heterocycles. The maximum absolute atomic E-state index is 12.2. The summed E-state index contributed by atoms with van der Waals surface area (Å²) in [5, 5.41) is 20.3. The Kier molecular flexibility index (Phi) is 4.80. The highest BCUT2D eigenvalue weighted by Crippen LogP contribution is 2.28. The number of amides is 1. The van der Waals surface area contributed by atoms with Crippen molar-refractivity contribution in [3.63, 3.8) is 0 Å². The molecule has 130 valence electrons. The lowest BCUT2D eigenvalue weighted by Gasteiger charge is -2.24. The van der Waals surface area contributed by atoms with E-state index in [0.717, 1.165) is 0 Å². The molecule has 1 heterocycles. The summed E-state index contributed by atoms with van der Waals surface area (Å²) in [6, 6.07) is 14.1. The minimum atomic E-state index is -0.744. The van der Waals surface area contributed by atoms with Gasteiger partial charge in [-0.1, -0.05) is 24.3 Å². The van der Waals surface area contributed by atoms with Crippen LogP contribution in [0.2, 0.25) is 0 Å². The van der Waals surface area contributed by atoms with Gasteiger partial charge in [-0.15, -0.1) is 0 Å². The monoisotopic (exact) mass is 344 g/mol. The number of nitro benzene ring substituents is 1. The SMILES string of the molecule is O=C1OC(CO)C(COc2cccc([N+](=O)[O-])c2)N1c1ccccc1. The number of carbonyl (C=O) groups is 1. The molecule has 2 unspecified atom stereocenters. The number of para-hydroxylation sites is 1. The van der Waals surface area contributed by atoms with E-state index in [2.05, 4.69) is 0 Å². The largest absolute Gasteiger partial charge is 0.491 e. The van der Waals surface area contributed by atoms with E-state index in [1.165, 1.54) is 23.1 Å². The first kappa shape index (κ1) is 16.7. The Morgan fingerprint density at radius 2 is 1.96 bits per heavy atom. The number of cyclic esters (lactones) is 1. The predicted octanol–water partition coefficient (Wildman–Crippen LogP) is 2.36. The van der Waals surface area contributed by atoms with E-state index < -0.39 is 23.2 Å². The van der Waals surface area contributed by atoms with Crippen molar-refractivity contribution < 1.29 is 24.3 Å². The molecule has 8 nitrogen and oxygen atoms in total. The van der Waals surface area contributed by atoms with Gasteiger partial charge in [0.1, 0.15) is 18.4 Å². The summed E-state index contributed by atoms with van der Waals surface area (Å²) in [6.07, 6.45) is -1.32. The molecule has 0 saturated carbocycles. The second-order valence-electron chi connectivity index (χ2n) is 5.44. The summed E-state index contributed by atoms with van der Waals surface area (Å²) >= 11 is 0. The Hall–Kier alpha value is -3.13. The fraction of sp³-hybridized carbons (Fsp3) is 0.235. The lowest BCUT2D eigenvalue weighted by Crippen LogP contribution is -2.42. The minimum Gasteiger partial charge on any atom is -0.491 e. The number of non-ortho nitro benzene ring substituents is 1. The summed E-state index contributed by atoms with van der Waals surface area (Å²) in [7, 11) is 0. The summed E-state index contributed by atoms with van der Waals surface area (Å²) in [4.78, 5) is 23.9. The first-order valence-corrected chi connectivity index (χ1v) is 7.63. The molecule has 3 rings (SSSR count). The lowest BCUT2D eigenvalue weighted by molar-refractivity contribution is -0.384. The van der Waals surface area contributed by atoms with Crippen molar-refractivity contribution >= 4 is 17.5 Å². The van der Waals surface area contributed by atoms with Crippen molar-refractivity contribution in [2.45, 2.75) is 12.1 Å². The van der Waals surface area contributed by atoms with Crippen LogP contribution in [0, 0.1) is 10.1 Å². The molecule has 25 heavy (non-hydrogen) atoms. The quantitative estimate of drug-likeness (QED) is 0.637. The van der Waals surface area contributed by atoms with Gasteiger partial charge in [0.15, 0.2) is 6.10 Å². The molecule has 0 spiro atoms. The number of anilines is 1. The number of ether oxygens (including phenoxy) is 2. The van der Waals surface area contributed by atoms with Crippen LogP contribution in [0.25, 0.3) is 0 Å². The van der Waals surface area contributed by atoms with Crippen LogP contribution >= 0.6 is 0 Å². The first-order valence-electron chi connectivity index (χ1n) is 7.63. The topological polar surface area (TPSA) is 102 Å². The first-order chi connectivity index (χ1) is 12.1. The van der Waals surface area contributed by atoms with Gasteiger partial charge in [-0.2, -0.15) is 0 Å². The van der Waals surface area contributed by atoms with Gasteiger partial charge < -0.3 is 14.6 Å². The van der Waals surface area contributed by atoms with Crippen LogP contribution < -0.4 is 9.64 Å². The third-order valence-corrected chi connectivity index (χ3v) is 3.87. The van der Waals surface area contributed by atoms with Gasteiger partial charge in [-0.25, -0.2) is 4.79 Å². The Labute approximate surface area is 143 Å². The smallest absolute Gasteiger partial charge is 0.415 e. The van der Waals surface area contributed by atoms with Crippen molar-refractivity contribution in [1.29, 1.82) is 0 Å². The molecule has 0 radical (unpaired) electrons. The molecule has 1 N–H and O–H groups in total. The van der Waals surface area contributed by atoms with E-state index in [1.807, 2.05) is 6.07 Å². The average molecular weight is 344 g/mol. The molecular formula is C17H16N2O6. The molecule has 0 aromatic heterocycles. The van der Waals surface area contributed by atoms with Crippen molar-refractivity contribution in [1.82, 2.24) is 0 Å². The third kappa shape index (κ3) is 3.53. The van der Waals surface area contributed by atoms with E-state index in [4.69, 9.17) is 9.47 Å². The van der Waals surface area contributed by atoms with Crippen LogP contribution in [-0.4, -0.2) is 41.5 Å². The van der Waals surface area contributed by atoms with Crippen molar-refractivity contribution in [3.05, 3.63) is 64.7 Å². The van der Waals surface area contributed by atoms with Crippen LogP contribution in [0.15, 0.2) is 54.6 Å². The zero-order chi connectivity index (χ0) is 17.8. The van der Waals surface area contributed by atoms with E-state index in [-0.39, 0.29) is 18.9 Å². The van der Waals surface area contributed by atoms with Crippen molar-refractivity contribution in [3.8, 4) is 5.75 Å². The van der Waals surface area contributed by atoms with Crippen LogP contribution in [-0.2, 0) is 4.74 Å². The highest BCUT2D eigenvalue weighted by Gasteiger charge is 2.42. The van der Waals surface area contributed by atoms with Crippen molar-refractivity contribution in [2.75, 3.05) is 18.1 Å². The number of rotatable bonds is 6. The Morgan fingerprint density at radius 1 is 1.20 bits per heavy atom. The maximum atomic E-state index is 12.2. The highest BCUT2D eigenvalue weighted by atomic mass is 16.6. The van der Waals surface area contributed by atoms with Gasteiger partial charge in [-0.3, -0.25) is 15.0 Å². The highest BCUT2D eigenvalue weighted by molar-refractivity contribution is 5.90. The molecule has 2 aromatic carbocycles. The molecular weight excluding hydrogens is 328 g/mol. The van der Waals surface area contributed by atoms with Gasteiger partial charge in [0, 0.05) is 11.8 Å². The van der Waals surface area contributed by atoms with Gasteiger partial charge in [-0.05, 0) is 18.2 Å². The number of nitro groups is 1. The number of hydrogen-bond donors (Lipinski definition) is 1. The predicted molar refractivity (Wildman–Crippen MR) is 88.7 cm³/mol. The van der Waals surface area contributed by atoms with Gasteiger partial charge >= 0.3 is 6.09 Å². The molecule has 1 fully saturated rings. The molecule has 1 saturated heterocycles. The molecule has 8 heteroatoms. The Bertz CT molecular complexity index is 767. The van der Waals surface area contributed by atoms with E-state index in [1.54, 1.807) is 30.3 Å². The van der Waals surface area contributed by atoms with Gasteiger partial charge in [0.05, 0.1) is 17.6 Å². The second-order valence-corrected chi connectivity index (χ2v) is 5.44. The van der Waals surface area contributed by atoms with E-state index >= 15 is 0 Å². The minimum absolute atomic E-state index is 0.0209. The van der Waals surface area contributed by atoms with E-state index in [0.29, 0.717) is 11.4 Å². The molecule has 0 aliphatic carbocycles. The Morgan fingerprint density at radius 3 is 2.64 bits per heavy atom. The summed E-state index contributed by atoms with van der Waals surface area (Å²) in [6.45, 7) is -0.328. The second kappa shape index (κ2) is 7.18. The molecule has 2 atom stereocenters. The Balaban J connectivity index is 1.79. The number of benzene rings is 2. The zero-order valence-corrected chi connectivity index (χ0v) is 13.1. The summed E-state index contributed by atoms with van der Waals surface area (Å²) < 4.78 is 10.8.